The third-order valence-corrected chi connectivity index (χ3v) is 4.66. The Hall–Kier alpha value is -2.83. The van der Waals surface area contributed by atoms with E-state index in [1.54, 1.807) is 0 Å². The average Bonchev–Trinajstić information content (AvgIpc) is 2.99. The Kier molecular flexibility index (Phi) is 3.90. The third kappa shape index (κ3) is 2.84. The van der Waals surface area contributed by atoms with E-state index in [9.17, 15) is 0 Å². The highest BCUT2D eigenvalue weighted by molar-refractivity contribution is 5.86. The second-order valence-electron chi connectivity index (χ2n) is 6.25. The first-order valence-corrected chi connectivity index (χ1v) is 8.31. The van der Waals surface area contributed by atoms with Crippen LogP contribution in [0, 0.1) is 11.3 Å². The van der Waals surface area contributed by atoms with E-state index in [1.807, 2.05) is 18.2 Å². The lowest BCUT2D eigenvalue weighted by Gasteiger charge is -2.25. The molecule has 0 saturated carbocycles. The molecular formula is C21H19N3. The van der Waals surface area contributed by atoms with Crippen molar-refractivity contribution in [2.75, 3.05) is 13.1 Å². The van der Waals surface area contributed by atoms with Gasteiger partial charge in [0.15, 0.2) is 0 Å². The van der Waals surface area contributed by atoms with Crippen molar-refractivity contribution in [2.45, 2.75) is 13.0 Å². The molecule has 2 heterocycles. The molecule has 0 saturated heterocycles. The zero-order valence-electron chi connectivity index (χ0n) is 13.5. The third-order valence-electron chi connectivity index (χ3n) is 4.66. The number of nitrogens with one attached hydrogen (secondary N) is 1. The van der Waals surface area contributed by atoms with Gasteiger partial charge in [-0.3, -0.25) is 4.90 Å². The molecule has 0 radical (unpaired) electrons. The van der Waals surface area contributed by atoms with E-state index in [4.69, 9.17) is 5.26 Å². The summed E-state index contributed by atoms with van der Waals surface area (Å²) in [7, 11) is 0. The summed E-state index contributed by atoms with van der Waals surface area (Å²) in [4.78, 5) is 5.96. The van der Waals surface area contributed by atoms with Gasteiger partial charge in [0, 0.05) is 42.7 Å². The number of fused-ring (bicyclic) bond motifs is 3. The molecule has 1 aliphatic heterocycles. The molecular weight excluding hydrogens is 294 g/mol. The number of aromatic nitrogens is 1. The Labute approximate surface area is 141 Å². The van der Waals surface area contributed by atoms with Crippen LogP contribution < -0.4 is 0 Å². The van der Waals surface area contributed by atoms with Crippen molar-refractivity contribution < 1.29 is 0 Å². The number of benzene rings is 2. The van der Waals surface area contributed by atoms with Crippen molar-refractivity contribution in [3.8, 4) is 6.07 Å². The molecule has 0 atom stereocenters. The number of nitriles is 1. The Bertz CT molecular complexity index is 929. The van der Waals surface area contributed by atoms with Gasteiger partial charge < -0.3 is 4.98 Å². The number of nitrogens with zero attached hydrogens (tertiary/aromatic N) is 2. The van der Waals surface area contributed by atoms with Crippen LogP contribution in [-0.4, -0.2) is 23.0 Å². The van der Waals surface area contributed by atoms with E-state index in [1.165, 1.54) is 22.2 Å². The lowest BCUT2D eigenvalue weighted by atomic mass is 10.0. The largest absolute Gasteiger partial charge is 0.358 e. The van der Waals surface area contributed by atoms with Crippen LogP contribution in [-0.2, 0) is 13.0 Å². The summed E-state index contributed by atoms with van der Waals surface area (Å²) in [5, 5.41) is 10.3. The normalized spacial score (nSPS) is 14.8. The molecule has 3 nitrogen and oxygen atoms in total. The molecule has 1 aliphatic rings. The first-order valence-electron chi connectivity index (χ1n) is 8.31. The molecule has 24 heavy (non-hydrogen) atoms. The van der Waals surface area contributed by atoms with Gasteiger partial charge in [0.25, 0.3) is 0 Å². The smallest absolute Gasteiger partial charge is 0.0992 e. The second kappa shape index (κ2) is 6.35. The van der Waals surface area contributed by atoms with Crippen molar-refractivity contribution >= 4 is 17.0 Å². The fraction of sp³-hybridized carbons (Fsp3) is 0.190. The first-order chi connectivity index (χ1) is 11.8. The van der Waals surface area contributed by atoms with Crippen LogP contribution in [0.5, 0.6) is 0 Å². The van der Waals surface area contributed by atoms with Crippen molar-refractivity contribution in [1.29, 1.82) is 5.26 Å². The molecule has 0 bridgehead atoms. The van der Waals surface area contributed by atoms with E-state index in [2.05, 4.69) is 58.4 Å². The van der Waals surface area contributed by atoms with E-state index >= 15 is 0 Å². The van der Waals surface area contributed by atoms with Crippen LogP contribution in [0.4, 0.5) is 0 Å². The second-order valence-corrected chi connectivity index (χ2v) is 6.25. The summed E-state index contributed by atoms with van der Waals surface area (Å²) < 4.78 is 0. The minimum atomic E-state index is 0.712. The van der Waals surface area contributed by atoms with Gasteiger partial charge in [-0.1, -0.05) is 48.6 Å². The molecule has 1 aromatic heterocycles. The van der Waals surface area contributed by atoms with Gasteiger partial charge in [0.2, 0.25) is 0 Å². The maximum absolute atomic E-state index is 9.05. The SMILES string of the molecule is N#Cc1ccc2c3c([nH]c2c1)CCN(C/C=C/c1ccccc1)C3. The van der Waals surface area contributed by atoms with E-state index < -0.39 is 0 Å². The Balaban J connectivity index is 1.51. The van der Waals surface area contributed by atoms with Crippen molar-refractivity contribution in [2.24, 2.45) is 0 Å². The van der Waals surface area contributed by atoms with Crippen LogP contribution in [0.2, 0.25) is 0 Å². The Morgan fingerprint density at radius 1 is 1.17 bits per heavy atom. The fourth-order valence-corrected chi connectivity index (χ4v) is 3.41. The minimum Gasteiger partial charge on any atom is -0.358 e. The van der Waals surface area contributed by atoms with E-state index in [0.29, 0.717) is 5.56 Å². The zero-order chi connectivity index (χ0) is 16.4. The first kappa shape index (κ1) is 14.7. The monoisotopic (exact) mass is 313 g/mol. The highest BCUT2D eigenvalue weighted by Gasteiger charge is 2.19. The zero-order valence-corrected chi connectivity index (χ0v) is 13.5. The lowest BCUT2D eigenvalue weighted by molar-refractivity contribution is 0.282. The highest BCUT2D eigenvalue weighted by atomic mass is 15.1. The van der Waals surface area contributed by atoms with Crippen molar-refractivity contribution in [3.63, 3.8) is 0 Å². The van der Waals surface area contributed by atoms with Crippen LogP contribution in [0.3, 0.4) is 0 Å². The molecule has 4 rings (SSSR count). The summed E-state index contributed by atoms with van der Waals surface area (Å²) in [6, 6.07) is 18.6. The standard InChI is InChI=1S/C21H19N3/c22-14-17-8-9-18-19-15-24(12-10-20(19)23-21(18)13-17)11-4-7-16-5-2-1-3-6-16/h1-9,13,23H,10-12,15H2/b7-4+. The summed E-state index contributed by atoms with van der Waals surface area (Å²) in [6.45, 7) is 2.97. The quantitative estimate of drug-likeness (QED) is 0.790. The van der Waals surface area contributed by atoms with Crippen LogP contribution in [0.1, 0.15) is 22.4 Å². The number of rotatable bonds is 3. The highest BCUT2D eigenvalue weighted by Crippen LogP contribution is 2.28. The molecule has 0 aliphatic carbocycles. The van der Waals surface area contributed by atoms with Crippen molar-refractivity contribution in [1.82, 2.24) is 9.88 Å². The topological polar surface area (TPSA) is 42.8 Å². The number of H-pyrrole nitrogens is 1. The molecule has 3 heteroatoms. The molecule has 2 aromatic carbocycles. The van der Waals surface area contributed by atoms with Crippen LogP contribution >= 0.6 is 0 Å². The lowest BCUT2D eigenvalue weighted by Crippen LogP contribution is -2.30. The fourth-order valence-electron chi connectivity index (χ4n) is 3.41. The molecule has 1 N–H and O–H groups in total. The van der Waals surface area contributed by atoms with Gasteiger partial charge in [-0.15, -0.1) is 0 Å². The molecule has 0 amide bonds. The molecule has 0 spiro atoms. The van der Waals surface area contributed by atoms with Gasteiger partial charge in [-0.2, -0.15) is 5.26 Å². The molecule has 118 valence electrons. The van der Waals surface area contributed by atoms with Gasteiger partial charge in [0.1, 0.15) is 0 Å². The summed E-state index contributed by atoms with van der Waals surface area (Å²) in [5.74, 6) is 0. The summed E-state index contributed by atoms with van der Waals surface area (Å²) in [5.41, 5.74) is 5.74. The Morgan fingerprint density at radius 2 is 2.04 bits per heavy atom. The number of hydrogen-bond donors (Lipinski definition) is 1. The maximum Gasteiger partial charge on any atom is 0.0992 e. The maximum atomic E-state index is 9.05. The van der Waals surface area contributed by atoms with E-state index in [0.717, 1.165) is 31.6 Å². The summed E-state index contributed by atoms with van der Waals surface area (Å²) >= 11 is 0. The predicted molar refractivity (Wildman–Crippen MR) is 97.5 cm³/mol. The van der Waals surface area contributed by atoms with Crippen molar-refractivity contribution in [3.05, 3.63) is 77.0 Å². The Morgan fingerprint density at radius 3 is 2.88 bits per heavy atom. The average molecular weight is 313 g/mol. The molecule has 0 fully saturated rings. The van der Waals surface area contributed by atoms with Crippen LogP contribution in [0.15, 0.2) is 54.6 Å². The van der Waals surface area contributed by atoms with Gasteiger partial charge >= 0.3 is 0 Å². The van der Waals surface area contributed by atoms with Gasteiger partial charge in [0.05, 0.1) is 11.6 Å². The minimum absolute atomic E-state index is 0.712. The molecule has 0 unspecified atom stereocenters. The number of hydrogen-bond acceptors (Lipinski definition) is 2. The van der Waals surface area contributed by atoms with E-state index in [-0.39, 0.29) is 0 Å². The molecule has 3 aromatic rings. The summed E-state index contributed by atoms with van der Waals surface area (Å²) in [6.07, 6.45) is 5.46. The van der Waals surface area contributed by atoms with Gasteiger partial charge in [-0.05, 0) is 23.3 Å². The van der Waals surface area contributed by atoms with Gasteiger partial charge in [-0.25, -0.2) is 0 Å². The number of aromatic amines is 1. The van der Waals surface area contributed by atoms with Crippen LogP contribution in [0.25, 0.3) is 17.0 Å². The predicted octanol–water partition coefficient (Wildman–Crippen LogP) is 4.11.